The molecule has 0 saturated carbocycles. The summed E-state index contributed by atoms with van der Waals surface area (Å²) in [6.07, 6.45) is 2.80. The lowest BCUT2D eigenvalue weighted by atomic mass is 10.3. The third kappa shape index (κ3) is 2.31. The standard InChI is InChI=1S/C7H14N4/c1-3-8-5-4-7-6-9-10-11(7)2/h6,8H,3-5H2,1-2H3. The van der Waals surface area contributed by atoms with Crippen molar-refractivity contribution in [2.24, 2.45) is 7.05 Å². The van der Waals surface area contributed by atoms with Crippen LogP contribution in [0.5, 0.6) is 0 Å². The smallest absolute Gasteiger partial charge is 0.0725 e. The molecule has 0 aromatic carbocycles. The Balaban J connectivity index is 2.32. The fourth-order valence-corrected chi connectivity index (χ4v) is 0.931. The molecule has 62 valence electrons. The third-order valence-electron chi connectivity index (χ3n) is 1.62. The van der Waals surface area contributed by atoms with Gasteiger partial charge in [0.15, 0.2) is 0 Å². The van der Waals surface area contributed by atoms with E-state index in [1.165, 1.54) is 5.69 Å². The molecule has 0 radical (unpaired) electrons. The molecule has 1 aromatic rings. The zero-order valence-electron chi connectivity index (χ0n) is 7.04. The zero-order valence-corrected chi connectivity index (χ0v) is 7.04. The predicted molar refractivity (Wildman–Crippen MR) is 43.3 cm³/mol. The van der Waals surface area contributed by atoms with Crippen LogP contribution >= 0.6 is 0 Å². The maximum absolute atomic E-state index is 3.83. The molecule has 0 bridgehead atoms. The van der Waals surface area contributed by atoms with Crippen molar-refractivity contribution >= 4 is 0 Å². The van der Waals surface area contributed by atoms with Crippen LogP contribution in [0, 0.1) is 0 Å². The summed E-state index contributed by atoms with van der Waals surface area (Å²) >= 11 is 0. The number of nitrogens with zero attached hydrogens (tertiary/aromatic N) is 3. The van der Waals surface area contributed by atoms with Crippen molar-refractivity contribution in [2.45, 2.75) is 13.3 Å². The van der Waals surface area contributed by atoms with Gasteiger partial charge in [0.25, 0.3) is 0 Å². The lowest BCUT2D eigenvalue weighted by Crippen LogP contribution is -2.17. The summed E-state index contributed by atoms with van der Waals surface area (Å²) in [4.78, 5) is 0. The van der Waals surface area contributed by atoms with Crippen LogP contribution in [0.25, 0.3) is 0 Å². The Morgan fingerprint density at radius 3 is 3.00 bits per heavy atom. The maximum Gasteiger partial charge on any atom is 0.0725 e. The molecule has 11 heavy (non-hydrogen) atoms. The minimum absolute atomic E-state index is 0.997. The molecule has 1 N–H and O–H groups in total. The van der Waals surface area contributed by atoms with Crippen molar-refractivity contribution in [1.82, 2.24) is 20.3 Å². The summed E-state index contributed by atoms with van der Waals surface area (Å²) in [5.74, 6) is 0. The van der Waals surface area contributed by atoms with Crippen LogP contribution in [0.15, 0.2) is 6.20 Å². The molecule has 1 heterocycles. The highest BCUT2D eigenvalue weighted by Crippen LogP contribution is 1.92. The Bertz CT molecular complexity index is 206. The predicted octanol–water partition coefficient (Wildman–Crippen LogP) is -0.0329. The van der Waals surface area contributed by atoms with Gasteiger partial charge in [0.05, 0.1) is 11.9 Å². The SMILES string of the molecule is CCNCCc1cnnn1C. The van der Waals surface area contributed by atoms with E-state index in [1.807, 2.05) is 7.05 Å². The summed E-state index contributed by atoms with van der Waals surface area (Å²) in [5, 5.41) is 10.9. The second kappa shape index (κ2) is 4.08. The van der Waals surface area contributed by atoms with Crippen LogP contribution in [0.4, 0.5) is 0 Å². The minimum Gasteiger partial charge on any atom is -0.317 e. The fraction of sp³-hybridized carbons (Fsp3) is 0.714. The van der Waals surface area contributed by atoms with Gasteiger partial charge in [0.1, 0.15) is 0 Å². The van der Waals surface area contributed by atoms with Crippen LogP contribution in [0.2, 0.25) is 0 Å². The molecular formula is C7H14N4. The summed E-state index contributed by atoms with van der Waals surface area (Å²) in [5.41, 5.74) is 1.17. The van der Waals surface area contributed by atoms with Gasteiger partial charge in [-0.25, -0.2) is 0 Å². The van der Waals surface area contributed by atoms with Crippen molar-refractivity contribution in [3.63, 3.8) is 0 Å². The molecule has 0 fully saturated rings. The van der Waals surface area contributed by atoms with Crippen molar-refractivity contribution < 1.29 is 0 Å². The molecule has 1 aromatic heterocycles. The number of aryl methyl sites for hydroxylation is 1. The van der Waals surface area contributed by atoms with Gasteiger partial charge in [-0.15, -0.1) is 5.10 Å². The molecule has 0 amide bonds. The van der Waals surface area contributed by atoms with E-state index >= 15 is 0 Å². The average molecular weight is 154 g/mol. The van der Waals surface area contributed by atoms with Crippen molar-refractivity contribution in [3.8, 4) is 0 Å². The van der Waals surface area contributed by atoms with E-state index in [1.54, 1.807) is 10.9 Å². The highest BCUT2D eigenvalue weighted by molar-refractivity contribution is 4.93. The van der Waals surface area contributed by atoms with E-state index < -0.39 is 0 Å². The molecule has 1 rings (SSSR count). The lowest BCUT2D eigenvalue weighted by molar-refractivity contribution is 0.644. The molecule has 0 unspecified atom stereocenters. The van der Waals surface area contributed by atoms with Gasteiger partial charge in [0, 0.05) is 20.0 Å². The van der Waals surface area contributed by atoms with Crippen LogP contribution < -0.4 is 5.32 Å². The average Bonchev–Trinajstić information content (AvgIpc) is 2.37. The summed E-state index contributed by atoms with van der Waals surface area (Å²) in [6, 6.07) is 0. The molecule has 4 heteroatoms. The number of likely N-dealkylation sites (N-methyl/N-ethyl adjacent to an activating group) is 1. The van der Waals surface area contributed by atoms with Gasteiger partial charge >= 0.3 is 0 Å². The second-order valence-electron chi connectivity index (χ2n) is 2.45. The molecule has 0 aliphatic heterocycles. The van der Waals surface area contributed by atoms with E-state index in [-0.39, 0.29) is 0 Å². The maximum atomic E-state index is 3.83. The first kappa shape index (κ1) is 8.20. The number of hydrogen-bond acceptors (Lipinski definition) is 3. The van der Waals surface area contributed by atoms with Crippen molar-refractivity contribution in [1.29, 1.82) is 0 Å². The molecule has 4 nitrogen and oxygen atoms in total. The number of aromatic nitrogens is 3. The van der Waals surface area contributed by atoms with Crippen LogP contribution in [-0.2, 0) is 13.5 Å². The van der Waals surface area contributed by atoms with Crippen LogP contribution in [0.1, 0.15) is 12.6 Å². The zero-order chi connectivity index (χ0) is 8.10. The molecule has 0 spiro atoms. The Morgan fingerprint density at radius 1 is 1.64 bits per heavy atom. The fourth-order valence-electron chi connectivity index (χ4n) is 0.931. The topological polar surface area (TPSA) is 42.7 Å². The lowest BCUT2D eigenvalue weighted by Gasteiger charge is -2.00. The van der Waals surface area contributed by atoms with Crippen molar-refractivity contribution in [3.05, 3.63) is 11.9 Å². The van der Waals surface area contributed by atoms with E-state index in [0.29, 0.717) is 0 Å². The first-order chi connectivity index (χ1) is 5.34. The Hall–Kier alpha value is -0.900. The number of nitrogens with one attached hydrogen (secondary N) is 1. The summed E-state index contributed by atoms with van der Waals surface area (Å²) < 4.78 is 1.80. The van der Waals surface area contributed by atoms with Crippen molar-refractivity contribution in [2.75, 3.05) is 13.1 Å². The van der Waals surface area contributed by atoms with Crippen LogP contribution in [-0.4, -0.2) is 28.1 Å². The Morgan fingerprint density at radius 2 is 2.45 bits per heavy atom. The monoisotopic (exact) mass is 154 g/mol. The normalized spacial score (nSPS) is 10.4. The number of rotatable bonds is 4. The van der Waals surface area contributed by atoms with E-state index in [9.17, 15) is 0 Å². The van der Waals surface area contributed by atoms with Crippen LogP contribution in [0.3, 0.4) is 0 Å². The molecule has 0 atom stereocenters. The molecule has 0 aliphatic rings. The molecular weight excluding hydrogens is 140 g/mol. The molecule has 0 saturated heterocycles. The highest BCUT2D eigenvalue weighted by atomic mass is 15.4. The summed E-state index contributed by atoms with van der Waals surface area (Å²) in [7, 11) is 1.91. The second-order valence-corrected chi connectivity index (χ2v) is 2.45. The van der Waals surface area contributed by atoms with Gasteiger partial charge < -0.3 is 5.32 Å². The van der Waals surface area contributed by atoms with E-state index in [2.05, 4.69) is 22.6 Å². The number of hydrogen-bond donors (Lipinski definition) is 1. The van der Waals surface area contributed by atoms with E-state index in [0.717, 1.165) is 19.5 Å². The quantitative estimate of drug-likeness (QED) is 0.619. The molecule has 0 aliphatic carbocycles. The van der Waals surface area contributed by atoms with E-state index in [4.69, 9.17) is 0 Å². The first-order valence-corrected chi connectivity index (χ1v) is 3.89. The van der Waals surface area contributed by atoms with Gasteiger partial charge in [-0.2, -0.15) is 0 Å². The third-order valence-corrected chi connectivity index (χ3v) is 1.62. The van der Waals surface area contributed by atoms with Gasteiger partial charge in [-0.3, -0.25) is 4.68 Å². The highest BCUT2D eigenvalue weighted by Gasteiger charge is 1.96. The minimum atomic E-state index is 0.997. The van der Waals surface area contributed by atoms with Gasteiger partial charge in [-0.05, 0) is 6.54 Å². The van der Waals surface area contributed by atoms with Gasteiger partial charge in [-0.1, -0.05) is 12.1 Å². The Kier molecular flexibility index (Phi) is 3.04. The first-order valence-electron chi connectivity index (χ1n) is 3.89. The largest absolute Gasteiger partial charge is 0.317 e. The van der Waals surface area contributed by atoms with Gasteiger partial charge in [0.2, 0.25) is 0 Å². The Labute approximate surface area is 66.6 Å². The summed E-state index contributed by atoms with van der Waals surface area (Å²) in [6.45, 7) is 4.12.